The molecule has 176 valence electrons. The zero-order valence-electron chi connectivity index (χ0n) is 19.7. The molecule has 2 aliphatic rings. The summed E-state index contributed by atoms with van der Waals surface area (Å²) in [7, 11) is 1.67. The largest absolute Gasteiger partial charge is 0.496 e. The van der Waals surface area contributed by atoms with Crippen LogP contribution in [0.5, 0.6) is 5.75 Å². The normalized spacial score (nSPS) is 17.4. The highest BCUT2D eigenvalue weighted by Gasteiger charge is 2.29. The number of anilines is 2. The zero-order chi connectivity index (χ0) is 23.6. The number of aromatic amines is 1. The Morgan fingerprint density at radius 3 is 2.74 bits per heavy atom. The summed E-state index contributed by atoms with van der Waals surface area (Å²) in [5, 5.41) is 16.6. The molecule has 0 radical (unpaired) electrons. The van der Waals surface area contributed by atoms with Crippen molar-refractivity contribution in [1.29, 1.82) is 0 Å². The van der Waals surface area contributed by atoms with E-state index in [-0.39, 0.29) is 0 Å². The second-order valence-electron chi connectivity index (χ2n) is 8.91. The Morgan fingerprint density at radius 2 is 2.06 bits per heavy atom. The average molecular weight is 461 g/mol. The number of amidine groups is 1. The van der Waals surface area contributed by atoms with Crippen molar-refractivity contribution in [3.05, 3.63) is 40.9 Å². The molecule has 0 saturated heterocycles. The van der Waals surface area contributed by atoms with Crippen LogP contribution in [0.3, 0.4) is 0 Å². The first-order valence-electron chi connectivity index (χ1n) is 11.6. The molecule has 0 amide bonds. The average Bonchev–Trinajstić information content (AvgIpc) is 3.37. The first-order chi connectivity index (χ1) is 16.5. The predicted octanol–water partition coefficient (Wildman–Crippen LogP) is 4.07. The van der Waals surface area contributed by atoms with Crippen LogP contribution in [0.2, 0.25) is 0 Å². The Bertz CT molecular complexity index is 1420. The van der Waals surface area contributed by atoms with Crippen LogP contribution in [0, 0.1) is 13.8 Å². The molecule has 1 unspecified atom stereocenters. The van der Waals surface area contributed by atoms with Crippen molar-refractivity contribution in [2.24, 2.45) is 10.7 Å². The van der Waals surface area contributed by atoms with Gasteiger partial charge in [-0.15, -0.1) is 0 Å². The molecule has 5 N–H and O–H groups in total. The first-order valence-corrected chi connectivity index (χ1v) is 11.6. The van der Waals surface area contributed by atoms with Gasteiger partial charge in [-0.25, -0.2) is 9.67 Å². The van der Waals surface area contributed by atoms with E-state index in [1.165, 1.54) is 12.8 Å². The summed E-state index contributed by atoms with van der Waals surface area (Å²) in [6, 6.07) is 6.21. The first kappa shape index (κ1) is 20.8. The summed E-state index contributed by atoms with van der Waals surface area (Å²) in [6.07, 6.45) is 1.83. The molecule has 1 fully saturated rings. The van der Waals surface area contributed by atoms with Crippen LogP contribution in [0.25, 0.3) is 22.0 Å². The molecule has 1 aromatic carbocycles. The number of H-pyrrole nitrogens is 1. The lowest BCUT2D eigenvalue weighted by molar-refractivity contribution is 0.393. The van der Waals surface area contributed by atoms with Gasteiger partial charge in [-0.2, -0.15) is 5.10 Å². The zero-order valence-corrected chi connectivity index (χ0v) is 19.7. The SMILES string of the molecule is CCn1nc(C2CC2)cc1NC1=NC(N)Nc2[nH]c3cc(-c4c(C)noc4C)c(OC)cc3c21. The number of aliphatic imine (C=N–C) groups is 1. The van der Waals surface area contributed by atoms with E-state index in [4.69, 9.17) is 20.1 Å². The topological polar surface area (TPSA) is 131 Å². The maximum atomic E-state index is 6.23. The molecule has 1 atom stereocenters. The van der Waals surface area contributed by atoms with Crippen LogP contribution in [-0.2, 0) is 6.54 Å². The number of hydrogen-bond donors (Lipinski definition) is 4. The smallest absolute Gasteiger partial charge is 0.174 e. The Balaban J connectivity index is 1.47. The number of ether oxygens (including phenoxy) is 1. The molecular weight excluding hydrogens is 432 g/mol. The summed E-state index contributed by atoms with van der Waals surface area (Å²) < 4.78 is 13.2. The van der Waals surface area contributed by atoms with Gasteiger partial charge >= 0.3 is 0 Å². The summed E-state index contributed by atoms with van der Waals surface area (Å²) in [5.74, 6) is 4.46. The molecule has 34 heavy (non-hydrogen) atoms. The molecular formula is C24H28N8O2. The predicted molar refractivity (Wildman–Crippen MR) is 131 cm³/mol. The van der Waals surface area contributed by atoms with E-state index in [2.05, 4.69) is 44.8 Å². The van der Waals surface area contributed by atoms with Gasteiger partial charge in [0.1, 0.15) is 29.0 Å². The molecule has 1 saturated carbocycles. The number of benzene rings is 1. The monoisotopic (exact) mass is 460 g/mol. The highest BCUT2D eigenvalue weighted by Crippen LogP contribution is 2.42. The number of hydrogen-bond acceptors (Lipinski definition) is 8. The summed E-state index contributed by atoms with van der Waals surface area (Å²) in [4.78, 5) is 8.16. The molecule has 6 rings (SSSR count). The summed E-state index contributed by atoms with van der Waals surface area (Å²) >= 11 is 0. The third-order valence-electron chi connectivity index (χ3n) is 6.56. The van der Waals surface area contributed by atoms with Gasteiger partial charge in [0.15, 0.2) is 6.29 Å². The minimum absolute atomic E-state index is 0.571. The number of rotatable bonds is 5. The number of nitrogens with two attached hydrogens (primary N) is 1. The van der Waals surface area contributed by atoms with E-state index in [0.717, 1.165) is 68.7 Å². The van der Waals surface area contributed by atoms with E-state index in [1.807, 2.05) is 24.6 Å². The fourth-order valence-electron chi connectivity index (χ4n) is 4.76. The quantitative estimate of drug-likeness (QED) is 0.353. The third-order valence-corrected chi connectivity index (χ3v) is 6.56. The molecule has 10 heteroatoms. The molecule has 4 heterocycles. The van der Waals surface area contributed by atoms with E-state index >= 15 is 0 Å². The molecule has 10 nitrogen and oxygen atoms in total. The van der Waals surface area contributed by atoms with Gasteiger partial charge in [0, 0.05) is 35.0 Å². The van der Waals surface area contributed by atoms with Gasteiger partial charge in [0.25, 0.3) is 0 Å². The van der Waals surface area contributed by atoms with E-state index < -0.39 is 6.29 Å². The highest BCUT2D eigenvalue weighted by atomic mass is 16.5. The van der Waals surface area contributed by atoms with Crippen molar-refractivity contribution in [3.63, 3.8) is 0 Å². The second kappa shape index (κ2) is 7.63. The highest BCUT2D eigenvalue weighted by molar-refractivity contribution is 6.20. The van der Waals surface area contributed by atoms with Crippen molar-refractivity contribution >= 4 is 28.4 Å². The maximum absolute atomic E-state index is 6.23. The molecule has 0 bridgehead atoms. The molecule has 3 aromatic heterocycles. The van der Waals surface area contributed by atoms with E-state index in [9.17, 15) is 0 Å². The van der Waals surface area contributed by atoms with Crippen LogP contribution >= 0.6 is 0 Å². The molecule has 0 spiro atoms. The Hall–Kier alpha value is -3.79. The summed E-state index contributed by atoms with van der Waals surface area (Å²) in [5.41, 5.74) is 11.9. The minimum atomic E-state index is -0.576. The van der Waals surface area contributed by atoms with Crippen LogP contribution < -0.4 is 21.1 Å². The number of methoxy groups -OCH3 is 1. The van der Waals surface area contributed by atoms with Crippen molar-refractivity contribution < 1.29 is 9.26 Å². The Kier molecular flexibility index (Phi) is 4.66. The number of nitrogens with zero attached hydrogens (tertiary/aromatic N) is 4. The van der Waals surface area contributed by atoms with Gasteiger partial charge < -0.3 is 24.9 Å². The number of fused-ring (bicyclic) bond motifs is 3. The van der Waals surface area contributed by atoms with Gasteiger partial charge in [-0.05, 0) is 45.7 Å². The van der Waals surface area contributed by atoms with Gasteiger partial charge in [0.05, 0.1) is 29.6 Å². The fourth-order valence-corrected chi connectivity index (χ4v) is 4.76. The lowest BCUT2D eigenvalue weighted by Crippen LogP contribution is -2.35. The van der Waals surface area contributed by atoms with E-state index in [1.54, 1.807) is 7.11 Å². The molecule has 4 aromatic rings. The fraction of sp³-hybridized carbons (Fsp3) is 0.375. The van der Waals surface area contributed by atoms with Crippen LogP contribution in [0.4, 0.5) is 11.6 Å². The number of nitrogens with one attached hydrogen (secondary N) is 3. The van der Waals surface area contributed by atoms with Crippen LogP contribution in [0.15, 0.2) is 27.7 Å². The van der Waals surface area contributed by atoms with Gasteiger partial charge in [-0.3, -0.25) is 5.73 Å². The Labute approximate surface area is 196 Å². The van der Waals surface area contributed by atoms with Crippen LogP contribution in [0.1, 0.15) is 48.4 Å². The molecule has 1 aliphatic carbocycles. The van der Waals surface area contributed by atoms with Crippen molar-refractivity contribution in [2.45, 2.75) is 52.4 Å². The maximum Gasteiger partial charge on any atom is 0.174 e. The number of aryl methyl sites for hydroxylation is 3. The third kappa shape index (κ3) is 3.25. The van der Waals surface area contributed by atoms with Crippen molar-refractivity contribution in [3.8, 4) is 16.9 Å². The minimum Gasteiger partial charge on any atom is -0.496 e. The second-order valence-corrected chi connectivity index (χ2v) is 8.91. The molecule has 1 aliphatic heterocycles. The number of aromatic nitrogens is 4. The summed E-state index contributed by atoms with van der Waals surface area (Å²) in [6.45, 7) is 6.68. The van der Waals surface area contributed by atoms with Crippen molar-refractivity contribution in [1.82, 2.24) is 19.9 Å². The van der Waals surface area contributed by atoms with Gasteiger partial charge in [0.2, 0.25) is 0 Å². The lowest BCUT2D eigenvalue weighted by atomic mass is 10.00. The van der Waals surface area contributed by atoms with Gasteiger partial charge in [-0.1, -0.05) is 5.16 Å². The van der Waals surface area contributed by atoms with Crippen LogP contribution in [-0.4, -0.2) is 39.2 Å². The Morgan fingerprint density at radius 1 is 1.24 bits per heavy atom. The van der Waals surface area contributed by atoms with Crippen molar-refractivity contribution in [2.75, 3.05) is 17.7 Å². The standard InChI is InChI=1S/C24H28N8O2/c1-5-32-19(10-16(30-32)13-6-7-13)27-23-21-14-9-18(33-4)15(20-11(2)31-34-12(20)3)8-17(14)26-22(21)28-24(25)29-23/h8-10,13,24,26,28H,5-7,25H2,1-4H3,(H,27,29). The lowest BCUT2D eigenvalue weighted by Gasteiger charge is -2.21. The van der Waals surface area contributed by atoms with E-state index in [0.29, 0.717) is 11.8 Å².